The normalized spacial score (nSPS) is 13.9. The number of carbonyl (C=O) groups excluding carboxylic acids is 1. The van der Waals surface area contributed by atoms with E-state index in [1.54, 1.807) is 26.0 Å². The molecule has 1 amide bonds. The van der Waals surface area contributed by atoms with Crippen molar-refractivity contribution in [3.63, 3.8) is 0 Å². The number of carbonyl (C=O) groups is 2. The molecule has 4 nitrogen and oxygen atoms in total. The average Bonchev–Trinajstić information content (AvgIpc) is 2.26. The van der Waals surface area contributed by atoms with Crippen LogP contribution in [0, 0.1) is 12.8 Å². The Morgan fingerprint density at radius 1 is 1.35 bits per heavy atom. The number of carboxylic acid groups (broad SMARTS) is 1. The van der Waals surface area contributed by atoms with Crippen LogP contribution in [0.5, 0.6) is 0 Å². The van der Waals surface area contributed by atoms with Gasteiger partial charge in [-0.3, -0.25) is 4.79 Å². The molecule has 110 valence electrons. The van der Waals surface area contributed by atoms with Crippen LogP contribution in [0.4, 0.5) is 5.69 Å². The van der Waals surface area contributed by atoms with Crippen molar-refractivity contribution in [2.24, 2.45) is 5.92 Å². The molecule has 0 saturated carbocycles. The predicted octanol–water partition coefficient (Wildman–Crippen LogP) is 3.37. The zero-order valence-corrected chi connectivity index (χ0v) is 13.1. The number of aromatic carboxylic acids is 1. The summed E-state index contributed by atoms with van der Waals surface area (Å²) >= 11 is 4.42. The molecule has 1 unspecified atom stereocenters. The fourth-order valence-corrected chi connectivity index (χ4v) is 2.55. The van der Waals surface area contributed by atoms with Gasteiger partial charge in [-0.1, -0.05) is 13.8 Å². The second-order valence-corrected chi connectivity index (χ2v) is 6.71. The van der Waals surface area contributed by atoms with Gasteiger partial charge in [-0.15, -0.1) is 0 Å². The number of benzene rings is 1. The molecule has 20 heavy (non-hydrogen) atoms. The van der Waals surface area contributed by atoms with Crippen molar-refractivity contribution in [3.8, 4) is 0 Å². The van der Waals surface area contributed by atoms with Gasteiger partial charge in [-0.05, 0) is 49.9 Å². The van der Waals surface area contributed by atoms with Gasteiger partial charge in [-0.2, -0.15) is 12.6 Å². The Bertz CT molecular complexity index is 524. The molecule has 0 aliphatic carbocycles. The highest BCUT2D eigenvalue weighted by atomic mass is 32.1. The maximum atomic E-state index is 12.2. The first-order valence-electron chi connectivity index (χ1n) is 6.50. The maximum Gasteiger partial charge on any atom is 0.335 e. The number of rotatable bonds is 5. The molecule has 1 rings (SSSR count). The van der Waals surface area contributed by atoms with Crippen molar-refractivity contribution >= 4 is 30.2 Å². The summed E-state index contributed by atoms with van der Waals surface area (Å²) in [6.45, 7) is 7.60. The highest BCUT2D eigenvalue weighted by molar-refractivity contribution is 7.82. The van der Waals surface area contributed by atoms with Crippen LogP contribution < -0.4 is 5.32 Å². The smallest absolute Gasteiger partial charge is 0.335 e. The zero-order chi connectivity index (χ0) is 15.5. The molecule has 1 aromatic carbocycles. The molecule has 0 saturated heterocycles. The van der Waals surface area contributed by atoms with Gasteiger partial charge in [0, 0.05) is 5.69 Å². The van der Waals surface area contributed by atoms with Crippen molar-refractivity contribution in [3.05, 3.63) is 29.3 Å². The van der Waals surface area contributed by atoms with Gasteiger partial charge in [0.15, 0.2) is 0 Å². The Morgan fingerprint density at radius 2 is 1.95 bits per heavy atom. The first kappa shape index (κ1) is 16.6. The second-order valence-electron chi connectivity index (χ2n) is 5.72. The van der Waals surface area contributed by atoms with Crippen molar-refractivity contribution in [2.45, 2.75) is 38.9 Å². The Morgan fingerprint density at radius 3 is 2.45 bits per heavy atom. The lowest BCUT2D eigenvalue weighted by atomic mass is 9.97. The van der Waals surface area contributed by atoms with E-state index in [-0.39, 0.29) is 11.5 Å². The monoisotopic (exact) mass is 295 g/mol. The number of carboxylic acids is 1. The summed E-state index contributed by atoms with van der Waals surface area (Å²) in [6, 6.07) is 4.75. The highest BCUT2D eigenvalue weighted by Crippen LogP contribution is 2.26. The standard InChI is InChI=1S/C15H21NO3S/c1-9(2)8-15(4,20)14(19)16-12-6-10(3)5-11(7-12)13(17)18/h5-7,9,20H,8H2,1-4H3,(H,16,19)(H,17,18). The van der Waals surface area contributed by atoms with Crippen LogP contribution in [0.25, 0.3) is 0 Å². The summed E-state index contributed by atoms with van der Waals surface area (Å²) in [7, 11) is 0. The third-order valence-corrected chi connectivity index (χ3v) is 3.26. The summed E-state index contributed by atoms with van der Waals surface area (Å²) in [5, 5.41) is 11.8. The lowest BCUT2D eigenvalue weighted by molar-refractivity contribution is -0.118. The van der Waals surface area contributed by atoms with Gasteiger partial charge < -0.3 is 10.4 Å². The Kier molecular flexibility index (Phi) is 5.22. The zero-order valence-electron chi connectivity index (χ0n) is 12.2. The van der Waals surface area contributed by atoms with Gasteiger partial charge in [0.2, 0.25) is 5.91 Å². The molecule has 1 aromatic rings. The maximum absolute atomic E-state index is 12.2. The van der Waals surface area contributed by atoms with Crippen molar-refractivity contribution in [2.75, 3.05) is 5.32 Å². The number of nitrogens with one attached hydrogen (secondary N) is 1. The molecule has 2 N–H and O–H groups in total. The molecule has 1 atom stereocenters. The molecular weight excluding hydrogens is 274 g/mol. The van der Waals surface area contributed by atoms with E-state index in [4.69, 9.17) is 5.11 Å². The molecule has 5 heteroatoms. The van der Waals surface area contributed by atoms with Gasteiger partial charge >= 0.3 is 5.97 Å². The second kappa shape index (κ2) is 6.31. The topological polar surface area (TPSA) is 66.4 Å². The van der Waals surface area contributed by atoms with E-state index < -0.39 is 10.7 Å². The van der Waals surface area contributed by atoms with Crippen molar-refractivity contribution < 1.29 is 14.7 Å². The van der Waals surface area contributed by atoms with E-state index in [1.165, 1.54) is 6.07 Å². The van der Waals surface area contributed by atoms with E-state index in [0.29, 0.717) is 18.0 Å². The molecule has 0 fully saturated rings. The summed E-state index contributed by atoms with van der Waals surface area (Å²) < 4.78 is -0.790. The average molecular weight is 295 g/mol. The quantitative estimate of drug-likeness (QED) is 0.730. The van der Waals surface area contributed by atoms with Gasteiger partial charge in [-0.25, -0.2) is 4.79 Å². The molecule has 0 heterocycles. The third kappa shape index (κ3) is 4.56. The van der Waals surface area contributed by atoms with Crippen molar-refractivity contribution in [1.82, 2.24) is 0 Å². The summed E-state index contributed by atoms with van der Waals surface area (Å²) in [6.07, 6.45) is 0.638. The molecular formula is C15H21NO3S. The molecule has 0 spiro atoms. The van der Waals surface area contributed by atoms with Crippen LogP contribution in [-0.2, 0) is 4.79 Å². The van der Waals surface area contributed by atoms with Gasteiger partial charge in [0.05, 0.1) is 10.3 Å². The van der Waals surface area contributed by atoms with Crippen molar-refractivity contribution in [1.29, 1.82) is 0 Å². The summed E-state index contributed by atoms with van der Waals surface area (Å²) in [4.78, 5) is 23.2. The number of hydrogen-bond acceptors (Lipinski definition) is 3. The van der Waals surface area contributed by atoms with Crippen LogP contribution >= 0.6 is 12.6 Å². The van der Waals surface area contributed by atoms with Crippen LogP contribution in [0.15, 0.2) is 18.2 Å². The van der Waals surface area contributed by atoms with Gasteiger partial charge in [0.1, 0.15) is 0 Å². The minimum atomic E-state index is -1.01. The molecule has 0 aliphatic heterocycles. The van der Waals surface area contributed by atoms with E-state index in [0.717, 1.165) is 5.56 Å². The minimum Gasteiger partial charge on any atom is -0.478 e. The Balaban J connectivity index is 2.93. The van der Waals surface area contributed by atoms with Crippen LogP contribution in [0.1, 0.15) is 43.1 Å². The number of hydrogen-bond donors (Lipinski definition) is 3. The predicted molar refractivity (Wildman–Crippen MR) is 83.6 cm³/mol. The van der Waals surface area contributed by atoms with E-state index >= 15 is 0 Å². The summed E-state index contributed by atoms with van der Waals surface area (Å²) in [5.74, 6) is -0.896. The van der Waals surface area contributed by atoms with Crippen LogP contribution in [0.2, 0.25) is 0 Å². The van der Waals surface area contributed by atoms with Crippen LogP contribution in [0.3, 0.4) is 0 Å². The lowest BCUT2D eigenvalue weighted by Gasteiger charge is -2.24. The summed E-state index contributed by atoms with van der Waals surface area (Å²) in [5.41, 5.74) is 1.42. The SMILES string of the molecule is Cc1cc(NC(=O)C(C)(S)CC(C)C)cc(C(=O)O)c1. The fraction of sp³-hybridized carbons (Fsp3) is 0.467. The highest BCUT2D eigenvalue weighted by Gasteiger charge is 2.29. The molecule has 0 aromatic heterocycles. The minimum absolute atomic E-state index is 0.157. The largest absolute Gasteiger partial charge is 0.478 e. The van der Waals surface area contributed by atoms with E-state index in [2.05, 4.69) is 17.9 Å². The third-order valence-electron chi connectivity index (χ3n) is 2.88. The van der Waals surface area contributed by atoms with Gasteiger partial charge in [0.25, 0.3) is 0 Å². The lowest BCUT2D eigenvalue weighted by Crippen LogP contribution is -2.36. The molecule has 0 radical (unpaired) electrons. The van der Waals surface area contributed by atoms with E-state index in [9.17, 15) is 9.59 Å². The van der Waals surface area contributed by atoms with Crippen LogP contribution in [-0.4, -0.2) is 21.7 Å². The number of anilines is 1. The Labute approximate surface area is 125 Å². The fourth-order valence-electron chi connectivity index (χ4n) is 2.13. The Hall–Kier alpha value is -1.49. The first-order valence-corrected chi connectivity index (χ1v) is 6.95. The molecule has 0 bridgehead atoms. The first-order chi connectivity index (χ1) is 9.11. The van der Waals surface area contributed by atoms with E-state index in [1.807, 2.05) is 13.8 Å². The number of thiol groups is 1. The number of aryl methyl sites for hydroxylation is 1. The number of amides is 1. The molecule has 0 aliphatic rings.